The third kappa shape index (κ3) is 2.61. The lowest BCUT2D eigenvalue weighted by atomic mass is 10.1. The molecule has 0 aliphatic carbocycles. The lowest BCUT2D eigenvalue weighted by Gasteiger charge is -2.06. The third-order valence-electron chi connectivity index (χ3n) is 2.92. The number of oxazole rings is 1. The number of alkyl halides is 3. The Balaban J connectivity index is 2.15. The van der Waals surface area contributed by atoms with Gasteiger partial charge in [-0.25, -0.2) is 4.98 Å². The smallest absolute Gasteiger partial charge is 0.416 e. The lowest BCUT2D eigenvalue weighted by molar-refractivity contribution is -0.137. The highest BCUT2D eigenvalue weighted by molar-refractivity contribution is 9.10. The molecule has 2 N–H and O–H groups in total. The van der Waals surface area contributed by atoms with Gasteiger partial charge in [0.05, 0.1) is 11.3 Å². The molecule has 0 unspecified atom stereocenters. The van der Waals surface area contributed by atoms with Crippen molar-refractivity contribution in [1.82, 2.24) is 4.98 Å². The van der Waals surface area contributed by atoms with E-state index in [1.807, 2.05) is 0 Å². The van der Waals surface area contributed by atoms with E-state index in [0.717, 1.165) is 16.6 Å². The van der Waals surface area contributed by atoms with Gasteiger partial charge in [-0.15, -0.1) is 0 Å². The summed E-state index contributed by atoms with van der Waals surface area (Å²) in [4.78, 5) is 4.18. The normalized spacial score (nSPS) is 12.0. The van der Waals surface area contributed by atoms with Gasteiger partial charge < -0.3 is 10.2 Å². The summed E-state index contributed by atoms with van der Waals surface area (Å²) in [6, 6.07) is 8.14. The summed E-state index contributed by atoms with van der Waals surface area (Å²) < 4.78 is 44.4. The highest BCUT2D eigenvalue weighted by Gasteiger charge is 2.30. The topological polar surface area (TPSA) is 52.0 Å². The second kappa shape index (κ2) is 4.77. The molecule has 0 amide bonds. The number of halogens is 4. The molecule has 108 valence electrons. The van der Waals surface area contributed by atoms with E-state index >= 15 is 0 Å². The highest BCUT2D eigenvalue weighted by Crippen LogP contribution is 2.34. The number of nitrogen functional groups attached to an aromatic ring is 1. The molecule has 3 aromatic rings. The van der Waals surface area contributed by atoms with Gasteiger partial charge in [-0.3, -0.25) is 0 Å². The molecule has 7 heteroatoms. The van der Waals surface area contributed by atoms with E-state index in [1.54, 1.807) is 12.1 Å². The predicted molar refractivity (Wildman–Crippen MR) is 76.6 cm³/mol. The Hall–Kier alpha value is -2.02. The van der Waals surface area contributed by atoms with Gasteiger partial charge in [0.1, 0.15) is 5.52 Å². The number of aromatic nitrogens is 1. The summed E-state index contributed by atoms with van der Waals surface area (Å²) in [7, 11) is 0. The highest BCUT2D eigenvalue weighted by atomic mass is 79.9. The molecule has 1 aromatic heterocycles. The molecule has 21 heavy (non-hydrogen) atoms. The summed E-state index contributed by atoms with van der Waals surface area (Å²) in [5.41, 5.74) is 6.50. The average molecular weight is 357 g/mol. The van der Waals surface area contributed by atoms with Crippen LogP contribution < -0.4 is 5.73 Å². The van der Waals surface area contributed by atoms with Gasteiger partial charge in [-0.1, -0.05) is 22.0 Å². The van der Waals surface area contributed by atoms with Gasteiger partial charge in [0.15, 0.2) is 5.58 Å². The van der Waals surface area contributed by atoms with Crippen LogP contribution in [-0.4, -0.2) is 4.98 Å². The minimum absolute atomic E-state index is 0.0981. The average Bonchev–Trinajstić information content (AvgIpc) is 2.82. The second-order valence-corrected chi connectivity index (χ2v) is 5.36. The number of anilines is 1. The number of nitrogens with two attached hydrogens (primary N) is 1. The fourth-order valence-corrected chi connectivity index (χ4v) is 2.44. The SMILES string of the molecule is Nc1cc(Br)cc2nc(-c3cccc(C(F)(F)F)c3)oc12. The number of hydrogen-bond acceptors (Lipinski definition) is 3. The maximum Gasteiger partial charge on any atom is 0.416 e. The molecule has 1 heterocycles. The molecule has 0 saturated heterocycles. The minimum atomic E-state index is -4.41. The first-order valence-corrected chi connectivity index (χ1v) is 6.67. The van der Waals surface area contributed by atoms with Crippen molar-refractivity contribution < 1.29 is 17.6 Å². The van der Waals surface area contributed by atoms with Crippen LogP contribution in [0, 0.1) is 0 Å². The van der Waals surface area contributed by atoms with E-state index in [1.165, 1.54) is 12.1 Å². The maximum absolute atomic E-state index is 12.7. The van der Waals surface area contributed by atoms with Gasteiger partial charge in [0.25, 0.3) is 0 Å². The first-order valence-electron chi connectivity index (χ1n) is 5.88. The first kappa shape index (κ1) is 13.9. The molecular formula is C14H8BrF3N2O. The van der Waals surface area contributed by atoms with Gasteiger partial charge in [-0.2, -0.15) is 13.2 Å². The van der Waals surface area contributed by atoms with Crippen molar-refractivity contribution in [2.45, 2.75) is 6.18 Å². The number of benzene rings is 2. The molecule has 0 radical (unpaired) electrons. The van der Waals surface area contributed by atoms with Gasteiger partial charge in [0.2, 0.25) is 5.89 Å². The zero-order chi connectivity index (χ0) is 15.2. The van der Waals surface area contributed by atoms with Crippen LogP contribution >= 0.6 is 15.9 Å². The fourth-order valence-electron chi connectivity index (χ4n) is 1.97. The Kier molecular flexibility index (Phi) is 3.16. The zero-order valence-corrected chi connectivity index (χ0v) is 12.0. The Bertz CT molecular complexity index is 827. The summed E-state index contributed by atoms with van der Waals surface area (Å²) in [5, 5.41) is 0. The monoisotopic (exact) mass is 356 g/mol. The number of fused-ring (bicyclic) bond motifs is 1. The van der Waals surface area contributed by atoms with Crippen LogP contribution in [0.1, 0.15) is 5.56 Å². The van der Waals surface area contributed by atoms with Crippen molar-refractivity contribution in [3.8, 4) is 11.5 Å². The number of hydrogen-bond donors (Lipinski definition) is 1. The number of nitrogens with zero attached hydrogens (tertiary/aromatic N) is 1. The first-order chi connectivity index (χ1) is 9.84. The molecule has 3 rings (SSSR count). The van der Waals surface area contributed by atoms with Crippen molar-refractivity contribution in [3.05, 3.63) is 46.4 Å². The Morgan fingerprint density at radius 2 is 1.90 bits per heavy atom. The zero-order valence-electron chi connectivity index (χ0n) is 10.4. The van der Waals surface area contributed by atoms with Crippen molar-refractivity contribution in [3.63, 3.8) is 0 Å². The van der Waals surface area contributed by atoms with Crippen LogP contribution in [0.4, 0.5) is 18.9 Å². The van der Waals surface area contributed by atoms with E-state index in [2.05, 4.69) is 20.9 Å². The van der Waals surface area contributed by atoms with Gasteiger partial charge in [0, 0.05) is 10.0 Å². The van der Waals surface area contributed by atoms with Gasteiger partial charge in [-0.05, 0) is 30.3 Å². The third-order valence-corrected chi connectivity index (χ3v) is 3.38. The molecule has 0 aliphatic rings. The Labute approximate surface area is 125 Å². The maximum atomic E-state index is 12.7. The standard InChI is InChI=1S/C14H8BrF3N2O/c15-9-5-10(19)12-11(6-9)20-13(21-12)7-2-1-3-8(4-7)14(16,17)18/h1-6H,19H2. The molecule has 3 nitrogen and oxygen atoms in total. The van der Waals surface area contributed by atoms with Crippen molar-refractivity contribution in [2.75, 3.05) is 5.73 Å². The fraction of sp³-hybridized carbons (Fsp3) is 0.0714. The van der Waals surface area contributed by atoms with Crippen molar-refractivity contribution in [2.24, 2.45) is 0 Å². The number of rotatable bonds is 1. The van der Waals surface area contributed by atoms with E-state index < -0.39 is 11.7 Å². The molecule has 0 aliphatic heterocycles. The van der Waals surface area contributed by atoms with Crippen LogP contribution in [0.2, 0.25) is 0 Å². The van der Waals surface area contributed by atoms with E-state index in [0.29, 0.717) is 16.8 Å². The van der Waals surface area contributed by atoms with Crippen LogP contribution in [0.15, 0.2) is 45.3 Å². The van der Waals surface area contributed by atoms with Crippen LogP contribution in [0.5, 0.6) is 0 Å². The van der Waals surface area contributed by atoms with Crippen LogP contribution in [0.25, 0.3) is 22.6 Å². The van der Waals surface area contributed by atoms with E-state index in [-0.39, 0.29) is 11.5 Å². The molecule has 0 saturated carbocycles. The van der Waals surface area contributed by atoms with Gasteiger partial charge >= 0.3 is 6.18 Å². The minimum Gasteiger partial charge on any atom is -0.434 e. The second-order valence-electron chi connectivity index (χ2n) is 4.44. The lowest BCUT2D eigenvalue weighted by Crippen LogP contribution is -2.04. The quantitative estimate of drug-likeness (QED) is 0.633. The molecule has 2 aromatic carbocycles. The van der Waals surface area contributed by atoms with Crippen molar-refractivity contribution >= 4 is 32.7 Å². The Morgan fingerprint density at radius 3 is 2.62 bits per heavy atom. The van der Waals surface area contributed by atoms with E-state index in [9.17, 15) is 13.2 Å². The van der Waals surface area contributed by atoms with Crippen molar-refractivity contribution in [1.29, 1.82) is 0 Å². The largest absolute Gasteiger partial charge is 0.434 e. The molecule has 0 spiro atoms. The predicted octanol–water partition coefficient (Wildman–Crippen LogP) is 4.86. The summed E-state index contributed by atoms with van der Waals surface area (Å²) >= 11 is 3.28. The summed E-state index contributed by atoms with van der Waals surface area (Å²) in [6.45, 7) is 0. The van der Waals surface area contributed by atoms with E-state index in [4.69, 9.17) is 10.2 Å². The molecule has 0 fully saturated rings. The van der Waals surface area contributed by atoms with Crippen LogP contribution in [0.3, 0.4) is 0 Å². The molecule has 0 bridgehead atoms. The summed E-state index contributed by atoms with van der Waals surface area (Å²) in [6.07, 6.45) is -4.41. The summed E-state index contributed by atoms with van der Waals surface area (Å²) in [5.74, 6) is 0.0981. The molecular weight excluding hydrogens is 349 g/mol. The Morgan fingerprint density at radius 1 is 1.14 bits per heavy atom. The van der Waals surface area contributed by atoms with Crippen LogP contribution in [-0.2, 0) is 6.18 Å². The molecule has 0 atom stereocenters.